The van der Waals surface area contributed by atoms with E-state index < -0.39 is 0 Å². The maximum atomic E-state index is 6.04. The highest BCUT2D eigenvalue weighted by Gasteiger charge is 2.11. The number of aromatic nitrogens is 2. The molecule has 3 aromatic heterocycles. The molecule has 0 saturated carbocycles. The second-order valence-electron chi connectivity index (χ2n) is 10.7. The van der Waals surface area contributed by atoms with E-state index in [1.54, 1.807) is 0 Å². The third-order valence-corrected chi connectivity index (χ3v) is 8.27. The number of furan rings is 1. The summed E-state index contributed by atoms with van der Waals surface area (Å²) in [5.41, 5.74) is 8.16. The molecule has 0 unspecified atom stereocenters. The van der Waals surface area contributed by atoms with Crippen LogP contribution in [0.15, 0.2) is 138 Å². The summed E-state index contributed by atoms with van der Waals surface area (Å²) in [6.45, 7) is 0. The molecule has 9 rings (SSSR count). The average Bonchev–Trinajstić information content (AvgIpc) is 3.42. The Labute approximate surface area is 235 Å². The first-order valence-corrected chi connectivity index (χ1v) is 13.8. The molecule has 0 radical (unpaired) electrons. The highest BCUT2D eigenvalue weighted by Crippen LogP contribution is 2.35. The normalized spacial score (nSPS) is 11.9. The zero-order valence-corrected chi connectivity index (χ0v) is 22.0. The minimum Gasteiger partial charge on any atom is -0.456 e. The Hall–Kier alpha value is -5.54. The van der Waals surface area contributed by atoms with E-state index in [4.69, 9.17) is 9.40 Å². The van der Waals surface area contributed by atoms with E-state index in [2.05, 4.69) is 114 Å². The van der Waals surface area contributed by atoms with Crippen molar-refractivity contribution >= 4 is 65.3 Å². The smallest absolute Gasteiger partial charge is 0.135 e. The molecular formula is C38H22N2O. The van der Waals surface area contributed by atoms with Crippen molar-refractivity contribution in [3.05, 3.63) is 134 Å². The maximum Gasteiger partial charge on any atom is 0.135 e. The fourth-order valence-electron chi connectivity index (χ4n) is 6.20. The lowest BCUT2D eigenvalue weighted by molar-refractivity contribution is 0.669. The number of benzene rings is 6. The van der Waals surface area contributed by atoms with Crippen LogP contribution in [0.25, 0.3) is 87.7 Å². The van der Waals surface area contributed by atoms with Crippen molar-refractivity contribution < 1.29 is 4.42 Å². The Morgan fingerprint density at radius 2 is 1.07 bits per heavy atom. The lowest BCUT2D eigenvalue weighted by Crippen LogP contribution is -1.89. The Morgan fingerprint density at radius 1 is 0.415 bits per heavy atom. The summed E-state index contributed by atoms with van der Waals surface area (Å²) >= 11 is 0. The standard InChI is InChI=1S/C38H22N2O/c1-2-6-35-32(5-1)33-22-26(14-18-36(33)41-35)25-11-15-30-27(20-25)9-10-28-21-29(12-16-31(28)30)34-17-13-24-8-7-23-4-3-19-39-37(23)38(24)40-34/h1-22H. The van der Waals surface area contributed by atoms with Crippen molar-refractivity contribution in [2.75, 3.05) is 0 Å². The third-order valence-electron chi connectivity index (χ3n) is 8.27. The highest BCUT2D eigenvalue weighted by atomic mass is 16.3. The van der Waals surface area contributed by atoms with E-state index in [1.165, 1.54) is 32.7 Å². The minimum absolute atomic E-state index is 0.919. The van der Waals surface area contributed by atoms with Crippen LogP contribution in [0.1, 0.15) is 0 Å². The maximum absolute atomic E-state index is 6.04. The molecule has 0 fully saturated rings. The molecule has 0 bridgehead atoms. The monoisotopic (exact) mass is 522 g/mol. The van der Waals surface area contributed by atoms with Crippen LogP contribution in [0.5, 0.6) is 0 Å². The number of fused-ring (bicyclic) bond motifs is 9. The fraction of sp³-hybridized carbons (Fsp3) is 0. The zero-order valence-electron chi connectivity index (χ0n) is 22.0. The molecule has 0 aliphatic carbocycles. The molecule has 0 atom stereocenters. The number of hydrogen-bond acceptors (Lipinski definition) is 3. The Kier molecular flexibility index (Phi) is 4.61. The van der Waals surface area contributed by atoms with Crippen molar-refractivity contribution in [2.45, 2.75) is 0 Å². The molecule has 9 aromatic rings. The van der Waals surface area contributed by atoms with Gasteiger partial charge in [-0.15, -0.1) is 0 Å². The van der Waals surface area contributed by atoms with Crippen molar-refractivity contribution in [2.24, 2.45) is 0 Å². The van der Waals surface area contributed by atoms with Crippen LogP contribution in [0, 0.1) is 0 Å². The second-order valence-corrected chi connectivity index (χ2v) is 10.7. The first kappa shape index (κ1) is 22.3. The minimum atomic E-state index is 0.919. The SMILES string of the molecule is c1cnc2c(c1)ccc1ccc(-c3ccc4c(ccc5cc(-c6ccc7oc8ccccc8c7c6)ccc54)c3)nc12. The topological polar surface area (TPSA) is 38.9 Å². The average molecular weight is 523 g/mol. The third kappa shape index (κ3) is 3.46. The fourth-order valence-corrected chi connectivity index (χ4v) is 6.20. The molecule has 3 heterocycles. The van der Waals surface area contributed by atoms with Crippen molar-refractivity contribution in [1.82, 2.24) is 9.97 Å². The summed E-state index contributed by atoms with van der Waals surface area (Å²) in [6.07, 6.45) is 1.83. The summed E-state index contributed by atoms with van der Waals surface area (Å²) in [5, 5.41) is 9.41. The predicted molar refractivity (Wildman–Crippen MR) is 170 cm³/mol. The lowest BCUT2D eigenvalue weighted by atomic mass is 9.95. The first-order chi connectivity index (χ1) is 20.3. The van der Waals surface area contributed by atoms with Gasteiger partial charge in [0.05, 0.1) is 16.7 Å². The van der Waals surface area contributed by atoms with E-state index in [0.717, 1.165) is 55.0 Å². The molecule has 0 N–H and O–H groups in total. The van der Waals surface area contributed by atoms with Gasteiger partial charge in [0.1, 0.15) is 11.2 Å². The quantitative estimate of drug-likeness (QED) is 0.212. The van der Waals surface area contributed by atoms with E-state index in [0.29, 0.717) is 0 Å². The summed E-state index contributed by atoms with van der Waals surface area (Å²) in [7, 11) is 0. The Bertz CT molecular complexity index is 2490. The predicted octanol–water partition coefficient (Wildman–Crippen LogP) is 10.3. The van der Waals surface area contributed by atoms with Gasteiger partial charge in [-0.25, -0.2) is 4.98 Å². The number of hydrogen-bond donors (Lipinski definition) is 0. The van der Waals surface area contributed by atoms with Crippen LogP contribution in [-0.2, 0) is 0 Å². The van der Waals surface area contributed by atoms with Crippen LogP contribution < -0.4 is 0 Å². The van der Waals surface area contributed by atoms with Crippen molar-refractivity contribution in [3.63, 3.8) is 0 Å². The summed E-state index contributed by atoms with van der Waals surface area (Å²) in [6, 6.07) is 45.1. The van der Waals surface area contributed by atoms with Gasteiger partial charge in [-0.2, -0.15) is 0 Å². The first-order valence-electron chi connectivity index (χ1n) is 13.8. The summed E-state index contributed by atoms with van der Waals surface area (Å²) in [4.78, 5) is 9.67. The van der Waals surface area contributed by atoms with E-state index in [-0.39, 0.29) is 0 Å². The van der Waals surface area contributed by atoms with E-state index in [1.807, 2.05) is 24.4 Å². The highest BCUT2D eigenvalue weighted by molar-refractivity contribution is 6.10. The second kappa shape index (κ2) is 8.48. The van der Waals surface area contributed by atoms with Gasteiger partial charge in [0, 0.05) is 33.3 Å². The van der Waals surface area contributed by atoms with Gasteiger partial charge in [-0.1, -0.05) is 84.9 Å². The van der Waals surface area contributed by atoms with Gasteiger partial charge >= 0.3 is 0 Å². The Morgan fingerprint density at radius 3 is 1.95 bits per heavy atom. The van der Waals surface area contributed by atoms with Crippen LogP contribution in [0.4, 0.5) is 0 Å². The number of pyridine rings is 2. The van der Waals surface area contributed by atoms with Gasteiger partial charge < -0.3 is 4.42 Å². The van der Waals surface area contributed by atoms with Gasteiger partial charge in [-0.3, -0.25) is 4.98 Å². The van der Waals surface area contributed by atoms with Crippen LogP contribution >= 0.6 is 0 Å². The molecule has 3 heteroatoms. The van der Waals surface area contributed by atoms with Gasteiger partial charge in [0.15, 0.2) is 0 Å². The number of rotatable bonds is 2. The summed E-state index contributed by atoms with van der Waals surface area (Å²) in [5.74, 6) is 0. The van der Waals surface area contributed by atoms with E-state index >= 15 is 0 Å². The molecular weight excluding hydrogens is 500 g/mol. The zero-order chi connectivity index (χ0) is 26.9. The van der Waals surface area contributed by atoms with Crippen LogP contribution in [0.3, 0.4) is 0 Å². The van der Waals surface area contributed by atoms with Crippen molar-refractivity contribution in [1.29, 1.82) is 0 Å². The van der Waals surface area contributed by atoms with Crippen LogP contribution in [0.2, 0.25) is 0 Å². The Balaban J connectivity index is 1.14. The molecule has 0 amide bonds. The molecule has 0 aliphatic rings. The molecule has 6 aromatic carbocycles. The molecule has 41 heavy (non-hydrogen) atoms. The molecule has 190 valence electrons. The van der Waals surface area contributed by atoms with Gasteiger partial charge in [0.25, 0.3) is 0 Å². The molecule has 0 spiro atoms. The van der Waals surface area contributed by atoms with E-state index in [9.17, 15) is 0 Å². The van der Waals surface area contributed by atoms with Gasteiger partial charge in [-0.05, 0) is 75.1 Å². The van der Waals surface area contributed by atoms with Gasteiger partial charge in [0.2, 0.25) is 0 Å². The molecule has 3 nitrogen and oxygen atoms in total. The van der Waals surface area contributed by atoms with Crippen molar-refractivity contribution in [3.8, 4) is 22.4 Å². The largest absolute Gasteiger partial charge is 0.456 e. The molecule has 0 saturated heterocycles. The molecule has 0 aliphatic heterocycles. The van der Waals surface area contributed by atoms with Crippen LogP contribution in [-0.4, -0.2) is 9.97 Å². The summed E-state index contributed by atoms with van der Waals surface area (Å²) < 4.78 is 6.04. The number of nitrogens with zero attached hydrogens (tertiary/aromatic N) is 2. The number of para-hydroxylation sites is 1. The lowest BCUT2D eigenvalue weighted by Gasteiger charge is -2.10.